The van der Waals surface area contributed by atoms with Crippen molar-refractivity contribution in [1.29, 1.82) is 0 Å². The monoisotopic (exact) mass is 182 g/mol. The Balaban J connectivity index is 2.51. The summed E-state index contributed by atoms with van der Waals surface area (Å²) in [5.41, 5.74) is 1.96. The van der Waals surface area contributed by atoms with E-state index in [1.807, 2.05) is 13.0 Å². The second-order valence-corrected chi connectivity index (χ2v) is 3.86. The van der Waals surface area contributed by atoms with Crippen molar-refractivity contribution in [2.75, 3.05) is 0 Å². The van der Waals surface area contributed by atoms with E-state index >= 15 is 0 Å². The zero-order valence-electron chi connectivity index (χ0n) is 6.97. The largest absolute Gasteiger partial charge is 0.508 e. The molecule has 0 spiro atoms. The third-order valence-electron chi connectivity index (χ3n) is 2.24. The van der Waals surface area contributed by atoms with Crippen LogP contribution in [0.25, 0.3) is 0 Å². The van der Waals surface area contributed by atoms with Crippen molar-refractivity contribution < 1.29 is 5.11 Å². The van der Waals surface area contributed by atoms with Gasteiger partial charge in [0.05, 0.1) is 0 Å². The van der Waals surface area contributed by atoms with Crippen LogP contribution >= 0.6 is 11.6 Å². The molecule has 1 nitrogen and oxygen atoms in total. The molecule has 1 aromatic carbocycles. The average Bonchev–Trinajstić information content (AvgIpc) is 2.68. The lowest BCUT2D eigenvalue weighted by molar-refractivity contribution is 0.468. The molecule has 12 heavy (non-hydrogen) atoms. The van der Waals surface area contributed by atoms with Gasteiger partial charge in [-0.05, 0) is 43.4 Å². The van der Waals surface area contributed by atoms with Gasteiger partial charge < -0.3 is 5.11 Å². The average molecular weight is 183 g/mol. The number of phenols is 1. The van der Waals surface area contributed by atoms with Crippen LogP contribution in [0.5, 0.6) is 5.75 Å². The lowest BCUT2D eigenvalue weighted by Crippen LogP contribution is -1.84. The molecule has 1 N–H and O–H groups in total. The first kappa shape index (κ1) is 7.93. The Bertz CT molecular complexity index is 293. The van der Waals surface area contributed by atoms with Crippen LogP contribution in [-0.4, -0.2) is 5.11 Å². The highest BCUT2D eigenvalue weighted by Gasteiger charge is 2.28. The Morgan fingerprint density at radius 2 is 2.08 bits per heavy atom. The van der Waals surface area contributed by atoms with Crippen LogP contribution in [0.3, 0.4) is 0 Å². The molecule has 1 fully saturated rings. The Labute approximate surface area is 77.0 Å². The number of hydrogen-bond acceptors (Lipinski definition) is 1. The number of aromatic hydroxyl groups is 1. The Morgan fingerprint density at radius 3 is 2.58 bits per heavy atom. The molecule has 1 aromatic rings. The highest BCUT2D eigenvalue weighted by molar-refractivity contribution is 6.31. The molecule has 0 unspecified atom stereocenters. The summed E-state index contributed by atoms with van der Waals surface area (Å²) in [6.45, 7) is 1.93. The first-order chi connectivity index (χ1) is 5.68. The van der Waals surface area contributed by atoms with Crippen molar-refractivity contribution in [1.82, 2.24) is 0 Å². The second kappa shape index (κ2) is 2.67. The minimum atomic E-state index is 0.363. The molecular formula is C10H11ClO. The summed E-state index contributed by atoms with van der Waals surface area (Å²) >= 11 is 6.01. The van der Waals surface area contributed by atoms with Crippen LogP contribution in [0.2, 0.25) is 5.02 Å². The molecule has 0 amide bonds. The fourth-order valence-corrected chi connectivity index (χ4v) is 1.93. The Hall–Kier alpha value is -0.690. The molecule has 0 radical (unpaired) electrons. The van der Waals surface area contributed by atoms with E-state index in [-0.39, 0.29) is 0 Å². The van der Waals surface area contributed by atoms with Gasteiger partial charge in [0.1, 0.15) is 5.75 Å². The molecule has 0 aromatic heterocycles. The van der Waals surface area contributed by atoms with E-state index in [1.165, 1.54) is 0 Å². The van der Waals surface area contributed by atoms with Crippen LogP contribution in [0.4, 0.5) is 0 Å². The highest BCUT2D eigenvalue weighted by atomic mass is 35.5. The number of phenolic OH excluding ortho intramolecular Hbond substituents is 1. The normalized spacial score (nSPS) is 16.5. The van der Waals surface area contributed by atoms with E-state index in [9.17, 15) is 5.11 Å². The SMILES string of the molecule is Cc1cc(O)c(C2CC2)c(Cl)c1. The minimum absolute atomic E-state index is 0.363. The summed E-state index contributed by atoms with van der Waals surface area (Å²) in [5.74, 6) is 0.876. The van der Waals surface area contributed by atoms with Gasteiger partial charge in [0.15, 0.2) is 0 Å². The summed E-state index contributed by atoms with van der Waals surface area (Å²) in [7, 11) is 0. The first-order valence-corrected chi connectivity index (χ1v) is 4.55. The smallest absolute Gasteiger partial charge is 0.120 e. The number of aryl methyl sites for hydroxylation is 1. The molecule has 0 atom stereocenters. The van der Waals surface area contributed by atoms with Crippen LogP contribution < -0.4 is 0 Å². The summed E-state index contributed by atoms with van der Waals surface area (Å²) in [6, 6.07) is 3.69. The standard InChI is InChI=1S/C10H11ClO/c1-6-4-8(11)10(7-2-3-7)9(12)5-6/h4-5,7,12H,2-3H2,1H3. The minimum Gasteiger partial charge on any atom is -0.508 e. The maximum absolute atomic E-state index is 9.60. The van der Waals surface area contributed by atoms with E-state index in [1.54, 1.807) is 6.07 Å². The molecule has 0 heterocycles. The van der Waals surface area contributed by atoms with Gasteiger partial charge in [0.2, 0.25) is 0 Å². The molecule has 0 saturated heterocycles. The van der Waals surface area contributed by atoms with Crippen LogP contribution in [-0.2, 0) is 0 Å². The molecule has 64 valence electrons. The molecule has 0 bridgehead atoms. The lowest BCUT2D eigenvalue weighted by atomic mass is 10.1. The summed E-state index contributed by atoms with van der Waals surface area (Å²) < 4.78 is 0. The summed E-state index contributed by atoms with van der Waals surface area (Å²) in [4.78, 5) is 0. The zero-order valence-corrected chi connectivity index (χ0v) is 7.73. The first-order valence-electron chi connectivity index (χ1n) is 4.17. The number of benzene rings is 1. The summed E-state index contributed by atoms with van der Waals surface area (Å²) in [6.07, 6.45) is 2.33. The van der Waals surface area contributed by atoms with E-state index in [0.29, 0.717) is 11.7 Å². The molecule has 1 saturated carbocycles. The van der Waals surface area contributed by atoms with Gasteiger partial charge in [-0.3, -0.25) is 0 Å². The Kier molecular flexibility index (Phi) is 1.76. The summed E-state index contributed by atoms with van der Waals surface area (Å²) in [5, 5.41) is 10.3. The predicted octanol–water partition coefficient (Wildman–Crippen LogP) is 3.23. The molecule has 0 aliphatic heterocycles. The maximum Gasteiger partial charge on any atom is 0.120 e. The number of halogens is 1. The van der Waals surface area contributed by atoms with Gasteiger partial charge in [0, 0.05) is 10.6 Å². The van der Waals surface area contributed by atoms with Crippen molar-refractivity contribution in [2.45, 2.75) is 25.7 Å². The van der Waals surface area contributed by atoms with Gasteiger partial charge in [0.25, 0.3) is 0 Å². The predicted molar refractivity (Wildman–Crippen MR) is 49.8 cm³/mol. The van der Waals surface area contributed by atoms with Gasteiger partial charge in [-0.25, -0.2) is 0 Å². The Morgan fingerprint density at radius 1 is 1.42 bits per heavy atom. The van der Waals surface area contributed by atoms with Gasteiger partial charge in [-0.1, -0.05) is 11.6 Å². The maximum atomic E-state index is 9.60. The van der Waals surface area contributed by atoms with E-state index in [0.717, 1.165) is 29.0 Å². The molecule has 1 aliphatic carbocycles. The highest BCUT2D eigenvalue weighted by Crippen LogP contribution is 2.47. The van der Waals surface area contributed by atoms with Gasteiger partial charge >= 0.3 is 0 Å². The van der Waals surface area contributed by atoms with Crippen molar-refractivity contribution in [3.8, 4) is 5.75 Å². The van der Waals surface area contributed by atoms with E-state index < -0.39 is 0 Å². The third kappa shape index (κ3) is 1.29. The molecule has 2 heteroatoms. The van der Waals surface area contributed by atoms with E-state index in [4.69, 9.17) is 11.6 Å². The number of hydrogen-bond donors (Lipinski definition) is 1. The molecule has 1 aliphatic rings. The third-order valence-corrected chi connectivity index (χ3v) is 2.55. The quantitative estimate of drug-likeness (QED) is 0.707. The lowest BCUT2D eigenvalue weighted by Gasteiger charge is -2.06. The number of rotatable bonds is 1. The van der Waals surface area contributed by atoms with Crippen molar-refractivity contribution in [3.63, 3.8) is 0 Å². The second-order valence-electron chi connectivity index (χ2n) is 3.45. The zero-order chi connectivity index (χ0) is 8.72. The molecular weight excluding hydrogens is 172 g/mol. The topological polar surface area (TPSA) is 20.2 Å². The van der Waals surface area contributed by atoms with Gasteiger partial charge in [-0.2, -0.15) is 0 Å². The van der Waals surface area contributed by atoms with Gasteiger partial charge in [-0.15, -0.1) is 0 Å². The fourth-order valence-electron chi connectivity index (χ4n) is 1.51. The van der Waals surface area contributed by atoms with E-state index in [2.05, 4.69) is 0 Å². The van der Waals surface area contributed by atoms with Crippen LogP contribution in [0.15, 0.2) is 12.1 Å². The van der Waals surface area contributed by atoms with Crippen molar-refractivity contribution in [2.24, 2.45) is 0 Å². The molecule has 2 rings (SSSR count). The van der Waals surface area contributed by atoms with Crippen molar-refractivity contribution >= 4 is 11.6 Å². The van der Waals surface area contributed by atoms with Crippen LogP contribution in [0, 0.1) is 6.92 Å². The van der Waals surface area contributed by atoms with Crippen molar-refractivity contribution in [3.05, 3.63) is 28.3 Å². The van der Waals surface area contributed by atoms with Crippen LogP contribution in [0.1, 0.15) is 29.9 Å². The fraction of sp³-hybridized carbons (Fsp3) is 0.400.